The molecular weight excluding hydrogens is 604 g/mol. The summed E-state index contributed by atoms with van der Waals surface area (Å²) in [6.07, 6.45) is 8.44. The summed E-state index contributed by atoms with van der Waals surface area (Å²) in [6, 6.07) is 6.73. The second-order valence-electron chi connectivity index (χ2n) is 12.3. The Morgan fingerprint density at radius 1 is 0.809 bits per heavy atom. The summed E-state index contributed by atoms with van der Waals surface area (Å²) < 4.78 is 4.62. The lowest BCUT2D eigenvalue weighted by Gasteiger charge is -2.26. The summed E-state index contributed by atoms with van der Waals surface area (Å²) in [7, 11) is 1.27. The molecule has 2 aliphatic heterocycles. The van der Waals surface area contributed by atoms with Crippen LogP contribution < -0.4 is 10.6 Å². The Bertz CT molecular complexity index is 1550. The third-order valence-corrected chi connectivity index (χ3v) is 8.97. The Kier molecular flexibility index (Phi) is 10.8. The molecule has 4 heterocycles. The van der Waals surface area contributed by atoms with Gasteiger partial charge in [0.2, 0.25) is 11.8 Å². The van der Waals surface area contributed by atoms with E-state index in [4.69, 9.17) is 15.1 Å². The minimum absolute atomic E-state index is 0.146. The number of nitrogens with one attached hydrogen (secondary N) is 4. The molecule has 5 N–H and O–H groups in total. The topological polar surface area (TPSA) is 186 Å². The van der Waals surface area contributed by atoms with Crippen LogP contribution in [0.1, 0.15) is 85.8 Å². The van der Waals surface area contributed by atoms with Crippen molar-refractivity contribution in [3.05, 3.63) is 70.8 Å². The maximum atomic E-state index is 13.0. The van der Waals surface area contributed by atoms with E-state index >= 15 is 0 Å². The van der Waals surface area contributed by atoms with E-state index in [0.717, 1.165) is 74.4 Å². The number of hydrogen-bond donors (Lipinski definition) is 5. The Morgan fingerprint density at radius 3 is 1.68 bits per heavy atom. The minimum Gasteiger partial charge on any atom is -0.465 e. The Morgan fingerprint density at radius 2 is 1.26 bits per heavy atom. The molecular formula is C33H44N8O6. The highest BCUT2D eigenvalue weighted by Crippen LogP contribution is 2.32. The van der Waals surface area contributed by atoms with Gasteiger partial charge < -0.3 is 40.2 Å². The lowest BCUT2D eigenvalue weighted by molar-refractivity contribution is -0.134. The van der Waals surface area contributed by atoms with Crippen LogP contribution in [0, 0.1) is 0 Å². The number of aromatic nitrogens is 4. The number of aryl methyl sites for hydroxylation is 4. The third kappa shape index (κ3) is 8.29. The first-order valence-corrected chi connectivity index (χ1v) is 16.2. The van der Waals surface area contributed by atoms with Gasteiger partial charge in [0.15, 0.2) is 0 Å². The van der Waals surface area contributed by atoms with Crippen molar-refractivity contribution in [2.75, 3.05) is 20.2 Å². The van der Waals surface area contributed by atoms with Crippen molar-refractivity contribution < 1.29 is 29.0 Å². The minimum atomic E-state index is -1.22. The molecule has 14 nitrogen and oxygen atoms in total. The second-order valence-corrected chi connectivity index (χ2v) is 12.3. The summed E-state index contributed by atoms with van der Waals surface area (Å²) >= 11 is 0. The van der Waals surface area contributed by atoms with Crippen molar-refractivity contribution in [1.29, 1.82) is 0 Å². The van der Waals surface area contributed by atoms with Gasteiger partial charge in [0.25, 0.3) is 0 Å². The maximum absolute atomic E-state index is 13.0. The van der Waals surface area contributed by atoms with Crippen molar-refractivity contribution in [3.8, 4) is 0 Å². The number of ether oxygens (including phenoxy) is 1. The molecule has 1 aromatic carbocycles. The SMILES string of the molecule is COC(=O)N[C@@H](C)C(=O)N1CCC[C@H]1c1nc(CCc2ccc(CCc3c[nH]c([C@@H]4CCCN4C(=O)[C@H](C)NC(=O)O)n3)cc2)c[nH]1. The number of nitrogens with zero attached hydrogens (tertiary/aromatic N) is 4. The summed E-state index contributed by atoms with van der Waals surface area (Å²) in [5.74, 6) is 1.11. The third-order valence-electron chi connectivity index (χ3n) is 8.97. The van der Waals surface area contributed by atoms with E-state index in [1.54, 1.807) is 23.6 Å². The van der Waals surface area contributed by atoms with Gasteiger partial charge in [-0.3, -0.25) is 9.59 Å². The maximum Gasteiger partial charge on any atom is 0.407 e. The van der Waals surface area contributed by atoms with E-state index in [1.165, 1.54) is 18.2 Å². The van der Waals surface area contributed by atoms with Crippen LogP contribution >= 0.6 is 0 Å². The molecule has 252 valence electrons. The highest BCUT2D eigenvalue weighted by atomic mass is 16.5. The van der Waals surface area contributed by atoms with Crippen LogP contribution in [0.2, 0.25) is 0 Å². The van der Waals surface area contributed by atoms with Crippen LogP contribution in [0.3, 0.4) is 0 Å². The zero-order valence-electron chi connectivity index (χ0n) is 27.1. The average Bonchev–Trinajstić information content (AvgIpc) is 3.88. The molecule has 2 aliphatic rings. The smallest absolute Gasteiger partial charge is 0.407 e. The lowest BCUT2D eigenvalue weighted by atomic mass is 10.0. The molecule has 0 radical (unpaired) electrons. The van der Waals surface area contributed by atoms with Gasteiger partial charge in [-0.1, -0.05) is 24.3 Å². The molecule has 0 bridgehead atoms. The molecule has 4 amide bonds. The monoisotopic (exact) mass is 648 g/mol. The normalized spacial score (nSPS) is 19.0. The highest BCUT2D eigenvalue weighted by molar-refractivity contribution is 5.86. The van der Waals surface area contributed by atoms with E-state index in [0.29, 0.717) is 13.1 Å². The summed E-state index contributed by atoms with van der Waals surface area (Å²) in [5, 5.41) is 13.8. The number of H-pyrrole nitrogens is 2. The molecule has 3 aromatic rings. The number of likely N-dealkylation sites (tertiary alicyclic amines) is 2. The molecule has 47 heavy (non-hydrogen) atoms. The first-order chi connectivity index (χ1) is 22.6. The van der Waals surface area contributed by atoms with Gasteiger partial charge in [-0.05, 0) is 76.3 Å². The van der Waals surface area contributed by atoms with E-state index in [9.17, 15) is 19.2 Å². The number of imidazole rings is 2. The van der Waals surface area contributed by atoms with E-state index in [1.807, 2.05) is 12.4 Å². The average molecular weight is 649 g/mol. The van der Waals surface area contributed by atoms with Gasteiger partial charge in [0.1, 0.15) is 23.7 Å². The van der Waals surface area contributed by atoms with Crippen LogP contribution in [-0.4, -0.2) is 91.1 Å². The summed E-state index contributed by atoms with van der Waals surface area (Å²) in [6.45, 7) is 4.41. The fraction of sp³-hybridized carbons (Fsp3) is 0.515. The standard InChI is InChI=1S/C33H44N8O6/c1-20(36-32(44)45)30(42)40-16-4-6-26(40)28-34-18-24(38-28)14-12-22-8-10-23(11-9-22)13-15-25-19-35-29(39-25)27-7-5-17-41(27)31(43)21(2)37-33(46)47-3/h8-11,18-21,26-27,36H,4-7,12-17H2,1-3H3,(H,34,38)(H,35,39)(H,37,46)(H,44,45)/t20-,21-,26-,27-/m0/s1. The Hall–Kier alpha value is -4.88. The van der Waals surface area contributed by atoms with Crippen molar-refractivity contribution in [1.82, 2.24) is 40.4 Å². The summed E-state index contributed by atoms with van der Waals surface area (Å²) in [5.41, 5.74) is 4.27. The van der Waals surface area contributed by atoms with Gasteiger partial charge in [-0.15, -0.1) is 0 Å². The van der Waals surface area contributed by atoms with Gasteiger partial charge >= 0.3 is 12.2 Å². The molecule has 0 unspecified atom stereocenters. The van der Waals surface area contributed by atoms with E-state index in [-0.39, 0.29) is 23.9 Å². The first-order valence-electron chi connectivity index (χ1n) is 16.2. The molecule has 4 atom stereocenters. The molecule has 2 aromatic heterocycles. The van der Waals surface area contributed by atoms with Gasteiger partial charge in [-0.2, -0.15) is 0 Å². The number of amides is 4. The molecule has 0 aliphatic carbocycles. The van der Waals surface area contributed by atoms with Crippen molar-refractivity contribution in [2.24, 2.45) is 0 Å². The van der Waals surface area contributed by atoms with Gasteiger partial charge in [0, 0.05) is 25.5 Å². The Labute approximate surface area is 273 Å². The number of carboxylic acid groups (broad SMARTS) is 1. The van der Waals surface area contributed by atoms with Crippen molar-refractivity contribution in [3.63, 3.8) is 0 Å². The number of carbonyl (C=O) groups excluding carboxylic acids is 3. The number of benzene rings is 1. The number of alkyl carbamates (subject to hydrolysis) is 1. The van der Waals surface area contributed by atoms with Crippen molar-refractivity contribution in [2.45, 2.75) is 89.4 Å². The van der Waals surface area contributed by atoms with Crippen LogP contribution in [0.4, 0.5) is 9.59 Å². The van der Waals surface area contributed by atoms with Gasteiger partial charge in [0.05, 0.1) is 30.6 Å². The first kappa shape index (κ1) is 33.5. The molecule has 2 saturated heterocycles. The zero-order chi connectivity index (χ0) is 33.5. The fourth-order valence-corrected chi connectivity index (χ4v) is 6.44. The zero-order valence-corrected chi connectivity index (χ0v) is 27.1. The lowest BCUT2D eigenvalue weighted by Crippen LogP contribution is -2.46. The summed E-state index contributed by atoms with van der Waals surface area (Å²) in [4.78, 5) is 67.9. The number of methoxy groups -OCH3 is 1. The van der Waals surface area contributed by atoms with E-state index < -0.39 is 24.3 Å². The van der Waals surface area contributed by atoms with Crippen molar-refractivity contribution >= 4 is 24.0 Å². The van der Waals surface area contributed by atoms with Crippen LogP contribution in [-0.2, 0) is 40.0 Å². The highest BCUT2D eigenvalue weighted by Gasteiger charge is 2.36. The predicted octanol–water partition coefficient (Wildman–Crippen LogP) is 3.43. The number of carbonyl (C=O) groups is 4. The Balaban J connectivity index is 1.09. The quantitative estimate of drug-likeness (QED) is 0.198. The second kappa shape index (κ2) is 15.1. The fourth-order valence-electron chi connectivity index (χ4n) is 6.44. The van der Waals surface area contributed by atoms with Crippen LogP contribution in [0.5, 0.6) is 0 Å². The number of aromatic amines is 2. The molecule has 2 fully saturated rings. The van der Waals surface area contributed by atoms with Gasteiger partial charge in [-0.25, -0.2) is 19.6 Å². The van der Waals surface area contributed by atoms with Crippen LogP contribution in [0.25, 0.3) is 0 Å². The molecule has 0 spiro atoms. The molecule has 5 rings (SSSR count). The predicted molar refractivity (Wildman–Crippen MR) is 171 cm³/mol. The number of hydrogen-bond acceptors (Lipinski definition) is 7. The van der Waals surface area contributed by atoms with Crippen LogP contribution in [0.15, 0.2) is 36.7 Å². The molecule has 14 heteroatoms. The number of rotatable bonds is 12. The van der Waals surface area contributed by atoms with E-state index in [2.05, 4.69) is 49.6 Å². The largest absolute Gasteiger partial charge is 0.465 e. The molecule has 0 saturated carbocycles.